The summed E-state index contributed by atoms with van der Waals surface area (Å²) in [4.78, 5) is 25.2. The Morgan fingerprint density at radius 1 is 1.14 bits per heavy atom. The van der Waals surface area contributed by atoms with Gasteiger partial charge in [0.2, 0.25) is 0 Å². The van der Waals surface area contributed by atoms with Gasteiger partial charge >= 0.3 is 0 Å². The monoisotopic (exact) mass is 395 g/mol. The lowest BCUT2D eigenvalue weighted by Crippen LogP contribution is -2.44. The van der Waals surface area contributed by atoms with Crippen LogP contribution >= 0.6 is 11.3 Å². The molecule has 28 heavy (non-hydrogen) atoms. The Kier molecular flexibility index (Phi) is 5.18. The van der Waals surface area contributed by atoms with Gasteiger partial charge < -0.3 is 20.9 Å². The number of nitroso groups, excluding NO2 is 1. The highest BCUT2D eigenvalue weighted by Gasteiger charge is 2.15. The average molecular weight is 395 g/mol. The molecule has 0 unspecified atom stereocenters. The molecule has 1 aliphatic rings. The van der Waals surface area contributed by atoms with E-state index in [1.807, 2.05) is 18.3 Å². The van der Waals surface area contributed by atoms with Crippen LogP contribution in [0.3, 0.4) is 0 Å². The molecule has 0 radical (unpaired) electrons. The Labute approximate surface area is 167 Å². The van der Waals surface area contributed by atoms with Gasteiger partial charge in [-0.25, -0.2) is 9.97 Å². The molecule has 1 fully saturated rings. The standard InChI is InChI=1S/C19H21N7OS/c1-25-6-8-26(9-7-25)14-4-5-21-18(11-14)23-19-22-12-17(28-19)13-2-3-16(24-27)15(20)10-13/h2-5,10-12H,6-9,20H2,1H3,(H,21,22,23). The van der Waals surface area contributed by atoms with Gasteiger partial charge in [0.1, 0.15) is 11.5 Å². The summed E-state index contributed by atoms with van der Waals surface area (Å²) in [6.45, 7) is 4.13. The first kappa shape index (κ1) is 18.3. The van der Waals surface area contributed by atoms with E-state index in [-0.39, 0.29) is 5.69 Å². The number of nitrogens with zero attached hydrogens (tertiary/aromatic N) is 5. The van der Waals surface area contributed by atoms with Gasteiger partial charge in [-0.05, 0) is 36.0 Å². The first-order valence-electron chi connectivity index (χ1n) is 8.98. The zero-order chi connectivity index (χ0) is 19.5. The third-order valence-corrected chi connectivity index (χ3v) is 5.72. The largest absolute Gasteiger partial charge is 0.397 e. The minimum absolute atomic E-state index is 0.247. The molecule has 1 aromatic carbocycles. The summed E-state index contributed by atoms with van der Waals surface area (Å²) in [6, 6.07) is 9.26. The SMILES string of the molecule is CN1CCN(c2ccnc(Nc3ncc(-c4ccc(N=O)c(N)c4)s3)c2)CC1. The van der Waals surface area contributed by atoms with Gasteiger partial charge in [-0.15, -0.1) is 4.91 Å². The zero-order valence-corrected chi connectivity index (χ0v) is 16.3. The third kappa shape index (κ3) is 3.95. The molecule has 2 aromatic heterocycles. The Balaban J connectivity index is 1.49. The van der Waals surface area contributed by atoms with Gasteiger partial charge in [0.15, 0.2) is 5.13 Å². The van der Waals surface area contributed by atoms with Crippen LogP contribution in [0.25, 0.3) is 10.4 Å². The van der Waals surface area contributed by atoms with E-state index in [9.17, 15) is 4.91 Å². The highest BCUT2D eigenvalue weighted by Crippen LogP contribution is 2.34. The quantitative estimate of drug-likeness (QED) is 0.502. The van der Waals surface area contributed by atoms with E-state index < -0.39 is 0 Å². The molecule has 1 saturated heterocycles. The van der Waals surface area contributed by atoms with Crippen LogP contribution in [-0.2, 0) is 0 Å². The maximum atomic E-state index is 10.7. The maximum absolute atomic E-state index is 10.7. The number of thiazole rings is 1. The summed E-state index contributed by atoms with van der Waals surface area (Å²) >= 11 is 1.50. The smallest absolute Gasteiger partial charge is 0.188 e. The first-order valence-corrected chi connectivity index (χ1v) is 9.80. The number of hydrogen-bond acceptors (Lipinski definition) is 9. The number of benzene rings is 1. The average Bonchev–Trinajstić information content (AvgIpc) is 3.17. The minimum Gasteiger partial charge on any atom is -0.397 e. The summed E-state index contributed by atoms with van der Waals surface area (Å²) in [5, 5.41) is 6.93. The normalized spacial score (nSPS) is 14.8. The van der Waals surface area contributed by atoms with Crippen molar-refractivity contribution in [2.45, 2.75) is 0 Å². The summed E-state index contributed by atoms with van der Waals surface area (Å²) in [7, 11) is 2.15. The number of nitrogens with one attached hydrogen (secondary N) is 1. The predicted octanol–water partition coefficient (Wildman–Crippen LogP) is 3.68. The van der Waals surface area contributed by atoms with Crippen molar-refractivity contribution < 1.29 is 0 Å². The lowest BCUT2D eigenvalue weighted by atomic mass is 10.1. The fourth-order valence-electron chi connectivity index (χ4n) is 3.11. The molecule has 3 aromatic rings. The van der Waals surface area contributed by atoms with Crippen LogP contribution in [-0.4, -0.2) is 48.1 Å². The number of hydrogen-bond donors (Lipinski definition) is 2. The van der Waals surface area contributed by atoms with Crippen molar-refractivity contribution in [1.29, 1.82) is 0 Å². The van der Waals surface area contributed by atoms with Gasteiger partial charge in [0, 0.05) is 50.3 Å². The van der Waals surface area contributed by atoms with Crippen LogP contribution in [0.15, 0.2) is 47.9 Å². The fraction of sp³-hybridized carbons (Fsp3) is 0.263. The second kappa shape index (κ2) is 7.91. The molecule has 0 saturated carbocycles. The van der Waals surface area contributed by atoms with Crippen LogP contribution in [0.1, 0.15) is 0 Å². The van der Waals surface area contributed by atoms with Crippen LogP contribution < -0.4 is 16.0 Å². The Hall–Kier alpha value is -3.04. The molecule has 9 heteroatoms. The summed E-state index contributed by atoms with van der Waals surface area (Å²) in [5.74, 6) is 0.761. The van der Waals surface area contributed by atoms with E-state index in [0.29, 0.717) is 5.69 Å². The number of piperazine rings is 1. The molecule has 0 atom stereocenters. The topological polar surface area (TPSA) is 99.7 Å². The lowest BCUT2D eigenvalue weighted by Gasteiger charge is -2.34. The van der Waals surface area contributed by atoms with Crippen molar-refractivity contribution in [2.24, 2.45) is 5.18 Å². The predicted molar refractivity (Wildman–Crippen MR) is 115 cm³/mol. The molecule has 3 N–H and O–H groups in total. The Morgan fingerprint density at radius 3 is 2.71 bits per heavy atom. The number of likely N-dealkylation sites (N-methyl/N-ethyl adjacent to an activating group) is 1. The van der Waals surface area contributed by atoms with E-state index in [0.717, 1.165) is 53.3 Å². The highest BCUT2D eigenvalue weighted by molar-refractivity contribution is 7.18. The van der Waals surface area contributed by atoms with Gasteiger partial charge in [-0.1, -0.05) is 17.4 Å². The van der Waals surface area contributed by atoms with Crippen LogP contribution in [0, 0.1) is 4.91 Å². The highest BCUT2D eigenvalue weighted by atomic mass is 32.1. The van der Waals surface area contributed by atoms with Crippen LogP contribution in [0.2, 0.25) is 0 Å². The number of nitrogens with two attached hydrogens (primary N) is 1. The molecule has 0 spiro atoms. The van der Waals surface area contributed by atoms with E-state index in [2.05, 4.69) is 43.4 Å². The number of nitrogen functional groups attached to an aromatic ring is 1. The number of pyridine rings is 1. The number of aromatic nitrogens is 2. The second-order valence-electron chi connectivity index (χ2n) is 6.71. The minimum atomic E-state index is 0.247. The summed E-state index contributed by atoms with van der Waals surface area (Å²) < 4.78 is 0. The van der Waals surface area contributed by atoms with Crippen LogP contribution in [0.5, 0.6) is 0 Å². The summed E-state index contributed by atoms with van der Waals surface area (Å²) in [5.41, 5.74) is 8.52. The van der Waals surface area contributed by atoms with Gasteiger partial charge in [-0.3, -0.25) is 0 Å². The van der Waals surface area contributed by atoms with Gasteiger partial charge in [0.25, 0.3) is 0 Å². The molecule has 1 aliphatic heterocycles. The first-order chi connectivity index (χ1) is 13.6. The molecule has 0 amide bonds. The van der Waals surface area contributed by atoms with Crippen molar-refractivity contribution in [3.05, 3.63) is 47.6 Å². The van der Waals surface area contributed by atoms with E-state index in [1.165, 1.54) is 11.3 Å². The lowest BCUT2D eigenvalue weighted by molar-refractivity contribution is 0.313. The van der Waals surface area contributed by atoms with Gasteiger partial charge in [0.05, 0.1) is 10.6 Å². The van der Waals surface area contributed by atoms with Crippen molar-refractivity contribution in [3.63, 3.8) is 0 Å². The molecule has 3 heterocycles. The van der Waals surface area contributed by atoms with E-state index in [1.54, 1.807) is 18.3 Å². The van der Waals surface area contributed by atoms with Crippen LogP contribution in [0.4, 0.5) is 28.0 Å². The molecular weight excluding hydrogens is 374 g/mol. The zero-order valence-electron chi connectivity index (χ0n) is 15.5. The number of rotatable bonds is 5. The fourth-order valence-corrected chi connectivity index (χ4v) is 3.93. The van der Waals surface area contributed by atoms with Crippen molar-refractivity contribution in [2.75, 3.05) is 49.2 Å². The van der Waals surface area contributed by atoms with E-state index >= 15 is 0 Å². The molecule has 144 valence electrons. The third-order valence-electron chi connectivity index (χ3n) is 4.76. The molecule has 0 aliphatic carbocycles. The Morgan fingerprint density at radius 2 is 1.96 bits per heavy atom. The molecular formula is C19H21N7OS. The van der Waals surface area contributed by atoms with E-state index in [4.69, 9.17) is 5.73 Å². The maximum Gasteiger partial charge on any atom is 0.188 e. The number of anilines is 4. The van der Waals surface area contributed by atoms with Crippen molar-refractivity contribution >= 4 is 39.3 Å². The Bertz CT molecular complexity index is 982. The molecule has 0 bridgehead atoms. The van der Waals surface area contributed by atoms with Gasteiger partial charge in [-0.2, -0.15) is 0 Å². The summed E-state index contributed by atoms with van der Waals surface area (Å²) in [6.07, 6.45) is 3.59. The molecule has 4 rings (SSSR count). The van der Waals surface area contributed by atoms with Crippen molar-refractivity contribution in [1.82, 2.24) is 14.9 Å². The second-order valence-corrected chi connectivity index (χ2v) is 7.74. The van der Waals surface area contributed by atoms with Crippen molar-refractivity contribution in [3.8, 4) is 10.4 Å². The molecule has 8 nitrogen and oxygen atoms in total.